The molecular formula is C11H14O2. The van der Waals surface area contributed by atoms with Gasteiger partial charge in [-0.15, -0.1) is 0 Å². The van der Waals surface area contributed by atoms with Crippen LogP contribution in [0.1, 0.15) is 29.8 Å². The first-order valence-corrected chi connectivity index (χ1v) is 4.39. The maximum atomic E-state index is 11.1. The molecular weight excluding hydrogens is 164 g/mol. The third kappa shape index (κ3) is 2.31. The summed E-state index contributed by atoms with van der Waals surface area (Å²) in [6, 6.07) is 5.52. The highest BCUT2D eigenvalue weighted by atomic mass is 16.5. The monoisotopic (exact) mass is 178 g/mol. The van der Waals surface area contributed by atoms with E-state index in [0.717, 1.165) is 11.3 Å². The van der Waals surface area contributed by atoms with Gasteiger partial charge in [-0.05, 0) is 32.4 Å². The summed E-state index contributed by atoms with van der Waals surface area (Å²) in [4.78, 5) is 11.1. The summed E-state index contributed by atoms with van der Waals surface area (Å²) >= 11 is 0. The number of rotatable bonds is 3. The molecule has 1 aromatic rings. The summed E-state index contributed by atoms with van der Waals surface area (Å²) in [6.45, 7) is 6.08. The van der Waals surface area contributed by atoms with Crippen LogP contribution in [-0.4, -0.2) is 12.4 Å². The van der Waals surface area contributed by atoms with E-state index in [0.29, 0.717) is 12.2 Å². The fourth-order valence-electron chi connectivity index (χ4n) is 1.13. The molecule has 0 aromatic heterocycles. The molecule has 1 aromatic carbocycles. The van der Waals surface area contributed by atoms with Gasteiger partial charge in [-0.1, -0.05) is 12.1 Å². The second-order valence-electron chi connectivity index (χ2n) is 2.97. The number of ether oxygens (including phenoxy) is 1. The SMILES string of the molecule is CCOc1cc(C(C)=O)ccc1C. The van der Waals surface area contributed by atoms with Gasteiger partial charge < -0.3 is 4.74 Å². The Labute approximate surface area is 78.5 Å². The Morgan fingerprint density at radius 1 is 1.46 bits per heavy atom. The van der Waals surface area contributed by atoms with Crippen molar-refractivity contribution in [1.82, 2.24) is 0 Å². The number of aryl methyl sites for hydroxylation is 1. The maximum Gasteiger partial charge on any atom is 0.159 e. The first kappa shape index (κ1) is 9.78. The smallest absolute Gasteiger partial charge is 0.159 e. The van der Waals surface area contributed by atoms with Crippen LogP contribution in [0.3, 0.4) is 0 Å². The number of Topliss-reactive ketones (excluding diaryl/α,β-unsaturated/α-hetero) is 1. The van der Waals surface area contributed by atoms with E-state index in [1.165, 1.54) is 0 Å². The van der Waals surface area contributed by atoms with Crippen LogP contribution < -0.4 is 4.74 Å². The van der Waals surface area contributed by atoms with Crippen LogP contribution in [0.15, 0.2) is 18.2 Å². The van der Waals surface area contributed by atoms with Crippen molar-refractivity contribution < 1.29 is 9.53 Å². The van der Waals surface area contributed by atoms with Gasteiger partial charge in [0.2, 0.25) is 0 Å². The Morgan fingerprint density at radius 2 is 2.15 bits per heavy atom. The molecule has 2 nitrogen and oxygen atoms in total. The van der Waals surface area contributed by atoms with Crippen molar-refractivity contribution >= 4 is 5.78 Å². The Hall–Kier alpha value is -1.31. The molecule has 0 unspecified atom stereocenters. The van der Waals surface area contributed by atoms with Crippen molar-refractivity contribution in [2.24, 2.45) is 0 Å². The molecule has 0 fully saturated rings. The highest BCUT2D eigenvalue weighted by molar-refractivity contribution is 5.94. The second-order valence-corrected chi connectivity index (χ2v) is 2.97. The van der Waals surface area contributed by atoms with Crippen LogP contribution in [0.5, 0.6) is 5.75 Å². The Balaban J connectivity index is 3.03. The van der Waals surface area contributed by atoms with E-state index in [1.807, 2.05) is 26.0 Å². The van der Waals surface area contributed by atoms with Crippen LogP contribution in [0.2, 0.25) is 0 Å². The zero-order valence-electron chi connectivity index (χ0n) is 8.26. The standard InChI is InChI=1S/C11H14O2/c1-4-13-11-7-10(9(3)12)6-5-8(11)2/h5-7H,4H2,1-3H3. The van der Waals surface area contributed by atoms with Gasteiger partial charge in [0.05, 0.1) is 6.61 Å². The zero-order chi connectivity index (χ0) is 9.84. The molecule has 2 heteroatoms. The fraction of sp³-hybridized carbons (Fsp3) is 0.364. The van der Waals surface area contributed by atoms with Gasteiger partial charge in [0.15, 0.2) is 5.78 Å². The lowest BCUT2D eigenvalue weighted by atomic mass is 10.1. The molecule has 0 atom stereocenters. The van der Waals surface area contributed by atoms with E-state index in [4.69, 9.17) is 4.74 Å². The number of carbonyl (C=O) groups is 1. The highest BCUT2D eigenvalue weighted by Gasteiger charge is 2.03. The van der Waals surface area contributed by atoms with E-state index < -0.39 is 0 Å². The molecule has 0 heterocycles. The first-order valence-electron chi connectivity index (χ1n) is 4.39. The van der Waals surface area contributed by atoms with E-state index in [-0.39, 0.29) is 5.78 Å². The molecule has 0 radical (unpaired) electrons. The van der Waals surface area contributed by atoms with Crippen molar-refractivity contribution in [3.63, 3.8) is 0 Å². The van der Waals surface area contributed by atoms with Crippen LogP contribution in [0.4, 0.5) is 0 Å². The zero-order valence-corrected chi connectivity index (χ0v) is 8.26. The summed E-state index contributed by atoms with van der Waals surface area (Å²) in [5.41, 5.74) is 1.76. The minimum absolute atomic E-state index is 0.0703. The fourth-order valence-corrected chi connectivity index (χ4v) is 1.13. The van der Waals surface area contributed by atoms with Crippen LogP contribution in [0.25, 0.3) is 0 Å². The van der Waals surface area contributed by atoms with Crippen LogP contribution >= 0.6 is 0 Å². The molecule has 0 N–H and O–H groups in total. The van der Waals surface area contributed by atoms with Gasteiger partial charge in [-0.25, -0.2) is 0 Å². The average Bonchev–Trinajstić information content (AvgIpc) is 2.08. The number of benzene rings is 1. The third-order valence-electron chi connectivity index (χ3n) is 1.89. The third-order valence-corrected chi connectivity index (χ3v) is 1.89. The van der Waals surface area contributed by atoms with Crippen molar-refractivity contribution in [1.29, 1.82) is 0 Å². The van der Waals surface area contributed by atoms with Crippen molar-refractivity contribution in [2.45, 2.75) is 20.8 Å². The molecule has 0 spiro atoms. The van der Waals surface area contributed by atoms with Crippen molar-refractivity contribution in [2.75, 3.05) is 6.61 Å². The van der Waals surface area contributed by atoms with Gasteiger partial charge in [0.1, 0.15) is 5.75 Å². The maximum absolute atomic E-state index is 11.1. The Bertz CT molecular complexity index is 316. The minimum atomic E-state index is 0.0703. The van der Waals surface area contributed by atoms with Gasteiger partial charge in [-0.2, -0.15) is 0 Å². The summed E-state index contributed by atoms with van der Waals surface area (Å²) in [5.74, 6) is 0.871. The molecule has 0 bridgehead atoms. The molecule has 0 aliphatic carbocycles. The quantitative estimate of drug-likeness (QED) is 0.665. The molecule has 0 saturated carbocycles. The van der Waals surface area contributed by atoms with Crippen LogP contribution in [0, 0.1) is 6.92 Å². The number of hydrogen-bond acceptors (Lipinski definition) is 2. The summed E-state index contributed by atoms with van der Waals surface area (Å²) in [7, 11) is 0. The van der Waals surface area contributed by atoms with Crippen molar-refractivity contribution in [3.05, 3.63) is 29.3 Å². The topological polar surface area (TPSA) is 26.3 Å². The molecule has 70 valence electrons. The minimum Gasteiger partial charge on any atom is -0.494 e. The lowest BCUT2D eigenvalue weighted by Crippen LogP contribution is -1.97. The molecule has 0 saturated heterocycles. The van der Waals surface area contributed by atoms with Gasteiger partial charge in [0.25, 0.3) is 0 Å². The summed E-state index contributed by atoms with van der Waals surface area (Å²) in [6.07, 6.45) is 0. The van der Waals surface area contributed by atoms with Crippen LogP contribution in [-0.2, 0) is 0 Å². The van der Waals surface area contributed by atoms with Crippen molar-refractivity contribution in [3.8, 4) is 5.75 Å². The number of carbonyl (C=O) groups excluding carboxylic acids is 1. The number of ketones is 1. The molecule has 1 rings (SSSR count). The first-order chi connectivity index (χ1) is 6.15. The Kier molecular flexibility index (Phi) is 3.07. The molecule has 0 amide bonds. The second kappa shape index (κ2) is 4.08. The molecule has 0 aliphatic rings. The average molecular weight is 178 g/mol. The Morgan fingerprint density at radius 3 is 2.69 bits per heavy atom. The van der Waals surface area contributed by atoms with E-state index in [1.54, 1.807) is 13.0 Å². The largest absolute Gasteiger partial charge is 0.494 e. The van der Waals surface area contributed by atoms with E-state index in [2.05, 4.69) is 0 Å². The normalized spacial score (nSPS) is 9.77. The number of hydrogen-bond donors (Lipinski definition) is 0. The summed E-state index contributed by atoms with van der Waals surface area (Å²) in [5, 5.41) is 0. The highest BCUT2D eigenvalue weighted by Crippen LogP contribution is 2.19. The van der Waals surface area contributed by atoms with E-state index >= 15 is 0 Å². The predicted octanol–water partition coefficient (Wildman–Crippen LogP) is 2.60. The van der Waals surface area contributed by atoms with Gasteiger partial charge in [0, 0.05) is 5.56 Å². The van der Waals surface area contributed by atoms with E-state index in [9.17, 15) is 4.79 Å². The lowest BCUT2D eigenvalue weighted by molar-refractivity contribution is 0.101. The molecule has 0 aliphatic heterocycles. The molecule has 13 heavy (non-hydrogen) atoms. The predicted molar refractivity (Wildman–Crippen MR) is 52.4 cm³/mol. The van der Waals surface area contributed by atoms with Gasteiger partial charge >= 0.3 is 0 Å². The lowest BCUT2D eigenvalue weighted by Gasteiger charge is -2.07. The summed E-state index contributed by atoms with van der Waals surface area (Å²) < 4.78 is 5.38. The van der Waals surface area contributed by atoms with Gasteiger partial charge in [-0.3, -0.25) is 4.79 Å².